The molecule has 2 heteroatoms. The molecule has 0 radical (unpaired) electrons. The Hall–Kier alpha value is -1.02. The van der Waals surface area contributed by atoms with Gasteiger partial charge in [0.1, 0.15) is 5.75 Å². The SMILES string of the molecule is COc1cccc(C2CCCC3CCCCN32)c1. The van der Waals surface area contributed by atoms with Crippen molar-refractivity contribution < 1.29 is 4.74 Å². The lowest BCUT2D eigenvalue weighted by Gasteiger charge is -2.45. The predicted molar refractivity (Wildman–Crippen MR) is 73.9 cm³/mol. The number of methoxy groups -OCH3 is 1. The van der Waals surface area contributed by atoms with Gasteiger partial charge in [-0.1, -0.05) is 18.6 Å². The highest BCUT2D eigenvalue weighted by Crippen LogP contribution is 2.39. The van der Waals surface area contributed by atoms with Crippen LogP contribution in [0.25, 0.3) is 0 Å². The summed E-state index contributed by atoms with van der Waals surface area (Å²) in [7, 11) is 1.75. The molecule has 1 aromatic carbocycles. The third kappa shape index (κ3) is 2.26. The molecule has 0 aromatic heterocycles. The maximum atomic E-state index is 5.36. The summed E-state index contributed by atoms with van der Waals surface area (Å²) in [5, 5.41) is 0. The second-order valence-corrected chi connectivity index (χ2v) is 5.61. The number of rotatable bonds is 2. The van der Waals surface area contributed by atoms with E-state index in [2.05, 4.69) is 23.1 Å². The highest BCUT2D eigenvalue weighted by atomic mass is 16.5. The van der Waals surface area contributed by atoms with Crippen LogP contribution in [0, 0.1) is 0 Å². The van der Waals surface area contributed by atoms with Gasteiger partial charge in [0.25, 0.3) is 0 Å². The standard InChI is InChI=1S/C16H23NO/c1-18-15-9-4-6-13(12-15)16-10-5-8-14-7-2-3-11-17(14)16/h4,6,9,12,14,16H,2-3,5,7-8,10-11H2,1H3. The first kappa shape index (κ1) is 12.0. The number of benzene rings is 1. The van der Waals surface area contributed by atoms with Gasteiger partial charge in [0.15, 0.2) is 0 Å². The summed E-state index contributed by atoms with van der Waals surface area (Å²) in [6.07, 6.45) is 8.29. The Morgan fingerprint density at radius 1 is 1.11 bits per heavy atom. The summed E-state index contributed by atoms with van der Waals surface area (Å²) >= 11 is 0. The first-order valence-corrected chi connectivity index (χ1v) is 7.28. The third-order valence-electron chi connectivity index (χ3n) is 4.57. The third-order valence-corrected chi connectivity index (χ3v) is 4.57. The average molecular weight is 245 g/mol. The number of piperidine rings is 2. The first-order valence-electron chi connectivity index (χ1n) is 7.28. The Balaban J connectivity index is 1.84. The number of nitrogens with zero attached hydrogens (tertiary/aromatic N) is 1. The molecule has 2 aliphatic heterocycles. The fourth-order valence-electron chi connectivity index (χ4n) is 3.66. The number of fused-ring (bicyclic) bond motifs is 1. The Bertz CT molecular complexity index is 402. The largest absolute Gasteiger partial charge is 0.497 e. The molecular formula is C16H23NO. The van der Waals surface area contributed by atoms with Crippen LogP contribution in [-0.2, 0) is 0 Å². The Morgan fingerprint density at radius 2 is 2.00 bits per heavy atom. The van der Waals surface area contributed by atoms with Gasteiger partial charge in [-0.15, -0.1) is 0 Å². The minimum atomic E-state index is 0.624. The van der Waals surface area contributed by atoms with Crippen LogP contribution in [0.2, 0.25) is 0 Å². The van der Waals surface area contributed by atoms with E-state index < -0.39 is 0 Å². The van der Waals surface area contributed by atoms with Crippen molar-refractivity contribution in [3.8, 4) is 5.75 Å². The van der Waals surface area contributed by atoms with Crippen molar-refractivity contribution in [2.75, 3.05) is 13.7 Å². The molecule has 18 heavy (non-hydrogen) atoms. The summed E-state index contributed by atoms with van der Waals surface area (Å²) in [5.74, 6) is 0.992. The van der Waals surface area contributed by atoms with Crippen LogP contribution in [0.3, 0.4) is 0 Å². The Labute approximate surface area is 110 Å². The van der Waals surface area contributed by atoms with E-state index in [1.165, 1.54) is 50.6 Å². The van der Waals surface area contributed by atoms with E-state index in [-0.39, 0.29) is 0 Å². The minimum Gasteiger partial charge on any atom is -0.497 e. The zero-order valence-electron chi connectivity index (χ0n) is 11.3. The van der Waals surface area contributed by atoms with E-state index in [0.29, 0.717) is 6.04 Å². The average Bonchev–Trinajstić information content (AvgIpc) is 2.47. The van der Waals surface area contributed by atoms with Gasteiger partial charge in [-0.25, -0.2) is 0 Å². The van der Waals surface area contributed by atoms with Crippen LogP contribution >= 0.6 is 0 Å². The molecule has 2 unspecified atom stereocenters. The lowest BCUT2D eigenvalue weighted by atomic mass is 9.86. The summed E-state index contributed by atoms with van der Waals surface area (Å²) in [6, 6.07) is 10.1. The normalized spacial score (nSPS) is 28.7. The molecule has 0 bridgehead atoms. The smallest absolute Gasteiger partial charge is 0.119 e. The van der Waals surface area contributed by atoms with Gasteiger partial charge in [0, 0.05) is 12.1 Å². The molecule has 1 aromatic rings. The predicted octanol–water partition coefficient (Wildman–Crippen LogP) is 3.77. The second kappa shape index (κ2) is 5.31. The first-order chi connectivity index (χ1) is 8.88. The summed E-state index contributed by atoms with van der Waals surface area (Å²) in [6.45, 7) is 1.28. The molecule has 3 rings (SSSR count). The molecule has 0 saturated carbocycles. The second-order valence-electron chi connectivity index (χ2n) is 5.61. The molecule has 2 aliphatic rings. The van der Waals surface area contributed by atoms with E-state index in [0.717, 1.165) is 11.8 Å². The quantitative estimate of drug-likeness (QED) is 0.786. The van der Waals surface area contributed by atoms with E-state index in [1.54, 1.807) is 7.11 Å². The van der Waals surface area contributed by atoms with Gasteiger partial charge in [-0.05, 0) is 56.3 Å². The van der Waals surface area contributed by atoms with Gasteiger partial charge in [-0.2, -0.15) is 0 Å². The van der Waals surface area contributed by atoms with Crippen LogP contribution < -0.4 is 4.74 Å². The van der Waals surface area contributed by atoms with Crippen molar-refractivity contribution in [1.82, 2.24) is 4.90 Å². The molecular weight excluding hydrogens is 222 g/mol. The van der Waals surface area contributed by atoms with E-state index in [1.807, 2.05) is 6.07 Å². The van der Waals surface area contributed by atoms with Crippen LogP contribution in [0.4, 0.5) is 0 Å². The van der Waals surface area contributed by atoms with Gasteiger partial charge < -0.3 is 4.74 Å². The van der Waals surface area contributed by atoms with Crippen molar-refractivity contribution in [3.05, 3.63) is 29.8 Å². The molecule has 2 heterocycles. The zero-order chi connectivity index (χ0) is 12.4. The molecule has 98 valence electrons. The fraction of sp³-hybridized carbons (Fsp3) is 0.625. The zero-order valence-corrected chi connectivity index (χ0v) is 11.3. The molecule has 0 aliphatic carbocycles. The number of ether oxygens (including phenoxy) is 1. The van der Waals surface area contributed by atoms with E-state index in [9.17, 15) is 0 Å². The van der Waals surface area contributed by atoms with Gasteiger partial charge in [0.05, 0.1) is 7.11 Å². The summed E-state index contributed by atoms with van der Waals surface area (Å²) in [5.41, 5.74) is 1.45. The lowest BCUT2D eigenvalue weighted by molar-refractivity contribution is 0.0517. The minimum absolute atomic E-state index is 0.624. The van der Waals surface area contributed by atoms with Crippen LogP contribution in [0.1, 0.15) is 50.1 Å². The topological polar surface area (TPSA) is 12.5 Å². The van der Waals surface area contributed by atoms with Crippen molar-refractivity contribution >= 4 is 0 Å². The summed E-state index contributed by atoms with van der Waals surface area (Å²) in [4.78, 5) is 2.75. The highest BCUT2D eigenvalue weighted by molar-refractivity contribution is 5.31. The van der Waals surface area contributed by atoms with Crippen LogP contribution in [-0.4, -0.2) is 24.6 Å². The number of hydrogen-bond donors (Lipinski definition) is 0. The monoisotopic (exact) mass is 245 g/mol. The van der Waals surface area contributed by atoms with E-state index in [4.69, 9.17) is 4.74 Å². The van der Waals surface area contributed by atoms with Crippen LogP contribution in [0.15, 0.2) is 24.3 Å². The van der Waals surface area contributed by atoms with Gasteiger partial charge in [0.2, 0.25) is 0 Å². The van der Waals surface area contributed by atoms with Crippen molar-refractivity contribution in [2.45, 2.75) is 50.6 Å². The molecule has 0 N–H and O–H groups in total. The molecule has 0 spiro atoms. The van der Waals surface area contributed by atoms with Gasteiger partial charge >= 0.3 is 0 Å². The van der Waals surface area contributed by atoms with Crippen molar-refractivity contribution in [2.24, 2.45) is 0 Å². The van der Waals surface area contributed by atoms with Gasteiger partial charge in [-0.3, -0.25) is 4.90 Å². The van der Waals surface area contributed by atoms with Crippen LogP contribution in [0.5, 0.6) is 5.75 Å². The van der Waals surface area contributed by atoms with Crippen molar-refractivity contribution in [1.29, 1.82) is 0 Å². The molecule has 2 nitrogen and oxygen atoms in total. The highest BCUT2D eigenvalue weighted by Gasteiger charge is 2.32. The molecule has 0 amide bonds. The number of hydrogen-bond acceptors (Lipinski definition) is 2. The lowest BCUT2D eigenvalue weighted by Crippen LogP contribution is -2.44. The fourth-order valence-corrected chi connectivity index (χ4v) is 3.66. The van der Waals surface area contributed by atoms with E-state index >= 15 is 0 Å². The Morgan fingerprint density at radius 3 is 2.89 bits per heavy atom. The maximum absolute atomic E-state index is 5.36. The molecule has 2 atom stereocenters. The molecule has 2 saturated heterocycles. The molecule has 2 fully saturated rings. The summed E-state index contributed by atoms with van der Waals surface area (Å²) < 4.78 is 5.36. The van der Waals surface area contributed by atoms with Crippen molar-refractivity contribution in [3.63, 3.8) is 0 Å². The Kier molecular flexibility index (Phi) is 3.55. The maximum Gasteiger partial charge on any atom is 0.119 e.